The molecule has 0 aliphatic carbocycles. The van der Waals surface area contributed by atoms with Crippen LogP contribution < -0.4 is 5.73 Å². The van der Waals surface area contributed by atoms with Crippen LogP contribution in [0.5, 0.6) is 0 Å². The van der Waals surface area contributed by atoms with Crippen LogP contribution in [0.4, 0.5) is 4.39 Å². The highest BCUT2D eigenvalue weighted by atomic mass is 79.9. The summed E-state index contributed by atoms with van der Waals surface area (Å²) in [6, 6.07) is 4.51. The van der Waals surface area contributed by atoms with Gasteiger partial charge in [0.05, 0.1) is 0 Å². The molecule has 0 aliphatic rings. The van der Waals surface area contributed by atoms with Gasteiger partial charge in [0.1, 0.15) is 5.82 Å². The van der Waals surface area contributed by atoms with Crippen molar-refractivity contribution >= 4 is 15.9 Å². The predicted octanol–water partition coefficient (Wildman–Crippen LogP) is 3.63. The molecule has 0 radical (unpaired) electrons. The van der Waals surface area contributed by atoms with Crippen LogP contribution in [0.25, 0.3) is 0 Å². The zero-order valence-electron chi connectivity index (χ0n) is 8.64. The van der Waals surface area contributed by atoms with Crippen molar-refractivity contribution in [3.05, 3.63) is 34.1 Å². The van der Waals surface area contributed by atoms with E-state index in [0.29, 0.717) is 0 Å². The van der Waals surface area contributed by atoms with Gasteiger partial charge in [-0.3, -0.25) is 0 Å². The Morgan fingerprint density at radius 3 is 2.36 bits per heavy atom. The molecule has 0 spiro atoms. The average Bonchev–Trinajstić information content (AvgIpc) is 2.01. The second-order valence-corrected chi connectivity index (χ2v) is 5.36. The Bertz CT molecular complexity index is 331. The van der Waals surface area contributed by atoms with E-state index in [2.05, 4.69) is 36.7 Å². The summed E-state index contributed by atoms with van der Waals surface area (Å²) < 4.78 is 13.6. The monoisotopic (exact) mass is 259 g/mol. The third kappa shape index (κ3) is 2.55. The molecular weight excluding hydrogens is 245 g/mol. The molecular formula is C11H15BrFN. The lowest BCUT2D eigenvalue weighted by atomic mass is 9.83. The minimum Gasteiger partial charge on any atom is -0.323 e. The van der Waals surface area contributed by atoms with Gasteiger partial charge in [0.25, 0.3) is 0 Å². The highest BCUT2D eigenvalue weighted by Crippen LogP contribution is 2.34. The minimum absolute atomic E-state index is 0.0274. The molecule has 0 aromatic heterocycles. The van der Waals surface area contributed by atoms with E-state index < -0.39 is 0 Å². The zero-order valence-corrected chi connectivity index (χ0v) is 10.2. The van der Waals surface area contributed by atoms with Crippen molar-refractivity contribution in [3.8, 4) is 0 Å². The molecule has 0 fully saturated rings. The average molecular weight is 260 g/mol. The second-order valence-electron chi connectivity index (χ2n) is 4.51. The SMILES string of the molecule is CC(C)(C)[C@H](N)c1ccc(F)cc1Br. The van der Waals surface area contributed by atoms with Gasteiger partial charge in [-0.1, -0.05) is 42.8 Å². The molecule has 2 N–H and O–H groups in total. The van der Waals surface area contributed by atoms with Crippen molar-refractivity contribution in [2.24, 2.45) is 11.1 Å². The minimum atomic E-state index is -0.248. The maximum atomic E-state index is 12.8. The summed E-state index contributed by atoms with van der Waals surface area (Å²) in [7, 11) is 0. The fraction of sp³-hybridized carbons (Fsp3) is 0.455. The third-order valence-corrected chi connectivity index (χ3v) is 2.92. The van der Waals surface area contributed by atoms with Crippen LogP contribution in [0.3, 0.4) is 0 Å². The number of benzene rings is 1. The molecule has 0 saturated heterocycles. The number of rotatable bonds is 1. The van der Waals surface area contributed by atoms with Crippen LogP contribution in [0.15, 0.2) is 22.7 Å². The van der Waals surface area contributed by atoms with Crippen molar-refractivity contribution in [2.45, 2.75) is 26.8 Å². The van der Waals surface area contributed by atoms with E-state index in [1.54, 1.807) is 6.07 Å². The summed E-state index contributed by atoms with van der Waals surface area (Å²) >= 11 is 3.32. The molecule has 0 heterocycles. The lowest BCUT2D eigenvalue weighted by Crippen LogP contribution is -2.26. The maximum Gasteiger partial charge on any atom is 0.124 e. The molecule has 1 aromatic rings. The van der Waals surface area contributed by atoms with E-state index in [1.807, 2.05) is 0 Å². The molecule has 1 aromatic carbocycles. The number of halogens is 2. The first-order valence-corrected chi connectivity index (χ1v) is 5.32. The van der Waals surface area contributed by atoms with Crippen LogP contribution in [-0.2, 0) is 0 Å². The van der Waals surface area contributed by atoms with Crippen molar-refractivity contribution in [1.82, 2.24) is 0 Å². The normalized spacial score (nSPS) is 14.1. The Balaban J connectivity index is 3.08. The molecule has 0 bridgehead atoms. The molecule has 78 valence electrons. The Morgan fingerprint density at radius 2 is 1.93 bits per heavy atom. The molecule has 1 atom stereocenters. The molecule has 0 amide bonds. The second kappa shape index (κ2) is 3.99. The van der Waals surface area contributed by atoms with Gasteiger partial charge >= 0.3 is 0 Å². The van der Waals surface area contributed by atoms with Crippen LogP contribution in [-0.4, -0.2) is 0 Å². The summed E-state index contributed by atoms with van der Waals surface area (Å²) in [5.74, 6) is -0.248. The zero-order chi connectivity index (χ0) is 10.9. The lowest BCUT2D eigenvalue weighted by Gasteiger charge is -2.28. The number of hydrogen-bond donors (Lipinski definition) is 1. The third-order valence-electron chi connectivity index (χ3n) is 2.23. The van der Waals surface area contributed by atoms with E-state index in [9.17, 15) is 4.39 Å². The van der Waals surface area contributed by atoms with Crippen LogP contribution in [0, 0.1) is 11.2 Å². The summed E-state index contributed by atoms with van der Waals surface area (Å²) in [5.41, 5.74) is 6.99. The number of hydrogen-bond acceptors (Lipinski definition) is 1. The quantitative estimate of drug-likeness (QED) is 0.819. The van der Waals surface area contributed by atoms with Crippen molar-refractivity contribution in [2.75, 3.05) is 0 Å². The maximum absolute atomic E-state index is 12.8. The van der Waals surface area contributed by atoms with Crippen LogP contribution in [0.1, 0.15) is 32.4 Å². The summed E-state index contributed by atoms with van der Waals surface area (Å²) in [6.45, 7) is 6.19. The van der Waals surface area contributed by atoms with E-state index in [1.165, 1.54) is 12.1 Å². The topological polar surface area (TPSA) is 26.0 Å². The first-order chi connectivity index (χ1) is 6.32. The van der Waals surface area contributed by atoms with Crippen molar-refractivity contribution < 1.29 is 4.39 Å². The standard InChI is InChI=1S/C11H15BrFN/c1-11(2,3)10(14)8-5-4-7(13)6-9(8)12/h4-6,10H,14H2,1-3H3/t10-/m1/s1. The van der Waals surface area contributed by atoms with E-state index in [4.69, 9.17) is 5.73 Å². The van der Waals surface area contributed by atoms with Gasteiger partial charge in [-0.15, -0.1) is 0 Å². The Labute approximate surface area is 92.6 Å². The van der Waals surface area contributed by atoms with Gasteiger partial charge < -0.3 is 5.73 Å². The molecule has 1 nitrogen and oxygen atoms in total. The van der Waals surface area contributed by atoms with Crippen molar-refractivity contribution in [1.29, 1.82) is 0 Å². The van der Waals surface area contributed by atoms with Gasteiger partial charge in [0.2, 0.25) is 0 Å². The van der Waals surface area contributed by atoms with Crippen LogP contribution in [0.2, 0.25) is 0 Å². The van der Waals surface area contributed by atoms with E-state index in [0.717, 1.165) is 10.0 Å². The van der Waals surface area contributed by atoms with Gasteiger partial charge in [-0.25, -0.2) is 4.39 Å². The van der Waals surface area contributed by atoms with Gasteiger partial charge in [-0.2, -0.15) is 0 Å². The molecule has 0 unspecified atom stereocenters. The van der Waals surface area contributed by atoms with Crippen molar-refractivity contribution in [3.63, 3.8) is 0 Å². The largest absolute Gasteiger partial charge is 0.323 e. The molecule has 0 aliphatic heterocycles. The summed E-state index contributed by atoms with van der Waals surface area (Å²) in [6.07, 6.45) is 0. The number of nitrogens with two attached hydrogens (primary N) is 1. The van der Waals surface area contributed by atoms with Gasteiger partial charge in [0.15, 0.2) is 0 Å². The molecule has 1 rings (SSSR count). The first kappa shape index (κ1) is 11.7. The summed E-state index contributed by atoms with van der Waals surface area (Å²) in [4.78, 5) is 0. The molecule has 3 heteroatoms. The predicted molar refractivity (Wildman–Crippen MR) is 60.5 cm³/mol. The smallest absolute Gasteiger partial charge is 0.124 e. The fourth-order valence-electron chi connectivity index (χ4n) is 1.22. The highest BCUT2D eigenvalue weighted by Gasteiger charge is 2.23. The lowest BCUT2D eigenvalue weighted by molar-refractivity contribution is 0.326. The van der Waals surface area contributed by atoms with Gasteiger partial charge in [0, 0.05) is 10.5 Å². The molecule has 0 saturated carbocycles. The Morgan fingerprint density at radius 1 is 1.36 bits per heavy atom. The first-order valence-electron chi connectivity index (χ1n) is 4.53. The van der Waals surface area contributed by atoms with E-state index >= 15 is 0 Å². The highest BCUT2D eigenvalue weighted by molar-refractivity contribution is 9.10. The summed E-state index contributed by atoms with van der Waals surface area (Å²) in [5, 5.41) is 0. The van der Waals surface area contributed by atoms with E-state index in [-0.39, 0.29) is 17.3 Å². The Hall–Kier alpha value is -0.410. The molecule has 14 heavy (non-hydrogen) atoms. The fourth-order valence-corrected chi connectivity index (χ4v) is 1.82. The van der Waals surface area contributed by atoms with Crippen LogP contribution >= 0.6 is 15.9 Å². The van der Waals surface area contributed by atoms with Gasteiger partial charge in [-0.05, 0) is 23.1 Å². The Kier molecular flexibility index (Phi) is 3.32.